The number of carbonyl (C=O) groups is 1. The molecule has 0 bridgehead atoms. The monoisotopic (exact) mass is 365 g/mol. The zero-order valence-electron chi connectivity index (χ0n) is 14.3. The van der Waals surface area contributed by atoms with Crippen molar-refractivity contribution in [2.24, 2.45) is 0 Å². The van der Waals surface area contributed by atoms with Gasteiger partial charge in [0.25, 0.3) is 0 Å². The first kappa shape index (κ1) is 17.9. The van der Waals surface area contributed by atoms with Crippen molar-refractivity contribution in [2.75, 3.05) is 0 Å². The molecule has 0 atom stereocenters. The van der Waals surface area contributed by atoms with Gasteiger partial charge >= 0.3 is 5.97 Å². The molecule has 0 saturated heterocycles. The van der Waals surface area contributed by atoms with Crippen LogP contribution in [0, 0.1) is 0 Å². The van der Waals surface area contributed by atoms with Gasteiger partial charge < -0.3 is 5.11 Å². The van der Waals surface area contributed by atoms with Crippen LogP contribution in [0.1, 0.15) is 28.7 Å². The van der Waals surface area contributed by atoms with Crippen molar-refractivity contribution in [3.8, 4) is 11.1 Å². The first-order valence-electron chi connectivity index (χ1n) is 8.24. The lowest BCUT2D eigenvalue weighted by molar-refractivity contribution is 0.0697. The number of hydrogen-bond acceptors (Lipinski definition) is 4. The van der Waals surface area contributed by atoms with E-state index in [4.69, 9.17) is 0 Å². The molecule has 0 aliphatic rings. The fraction of sp³-hybridized carbons (Fsp3) is 0.150. The van der Waals surface area contributed by atoms with Gasteiger partial charge in [-0.2, -0.15) is 0 Å². The van der Waals surface area contributed by atoms with Crippen molar-refractivity contribution in [3.05, 3.63) is 77.6 Å². The molecule has 0 amide bonds. The van der Waals surface area contributed by atoms with Crippen LogP contribution in [0.25, 0.3) is 11.1 Å². The highest BCUT2D eigenvalue weighted by Crippen LogP contribution is 2.24. The van der Waals surface area contributed by atoms with Crippen molar-refractivity contribution in [2.45, 2.75) is 25.0 Å². The summed E-state index contributed by atoms with van der Waals surface area (Å²) in [5.74, 6) is -0.0881. The smallest absolute Gasteiger partial charge is 0.336 e. The minimum atomic E-state index is -0.928. The van der Waals surface area contributed by atoms with Crippen LogP contribution in [-0.4, -0.2) is 25.8 Å². The Kier molecular flexibility index (Phi) is 5.53. The average molecular weight is 365 g/mol. The van der Waals surface area contributed by atoms with Crippen LogP contribution in [0.3, 0.4) is 0 Å². The number of allylic oxidation sites excluding steroid dienone is 2. The van der Waals surface area contributed by atoms with E-state index in [2.05, 4.69) is 22.7 Å². The maximum absolute atomic E-state index is 11.4. The van der Waals surface area contributed by atoms with Gasteiger partial charge in [0, 0.05) is 6.42 Å². The zero-order chi connectivity index (χ0) is 18.5. The van der Waals surface area contributed by atoms with E-state index in [1.165, 1.54) is 0 Å². The summed E-state index contributed by atoms with van der Waals surface area (Å²) >= 11 is 4.24. The molecule has 6 heteroatoms. The maximum Gasteiger partial charge on any atom is 0.336 e. The van der Waals surface area contributed by atoms with Crippen LogP contribution in [0.2, 0.25) is 0 Å². The van der Waals surface area contributed by atoms with Gasteiger partial charge in [-0.25, -0.2) is 14.5 Å². The van der Waals surface area contributed by atoms with Gasteiger partial charge in [0.2, 0.25) is 5.16 Å². The molecule has 5 nitrogen and oxygen atoms in total. The second kappa shape index (κ2) is 8.01. The highest BCUT2D eigenvalue weighted by atomic mass is 32.1. The first-order chi connectivity index (χ1) is 12.6. The second-order valence-electron chi connectivity index (χ2n) is 5.80. The van der Waals surface area contributed by atoms with E-state index in [9.17, 15) is 9.90 Å². The average Bonchev–Trinajstić information content (AvgIpc) is 2.99. The molecule has 0 unspecified atom stereocenters. The molecule has 0 aliphatic carbocycles. The topological polar surface area (TPSA) is 68.0 Å². The Balaban J connectivity index is 1.84. The Labute approximate surface area is 157 Å². The molecule has 0 radical (unpaired) electrons. The molecule has 2 aromatic carbocycles. The van der Waals surface area contributed by atoms with Crippen molar-refractivity contribution >= 4 is 18.6 Å². The Morgan fingerprint density at radius 1 is 1.19 bits per heavy atom. The van der Waals surface area contributed by atoms with E-state index in [1.54, 1.807) is 12.1 Å². The number of carboxylic acid groups (broad SMARTS) is 1. The Bertz CT molecular complexity index is 946. The van der Waals surface area contributed by atoms with Crippen LogP contribution in [-0.2, 0) is 13.0 Å². The van der Waals surface area contributed by atoms with E-state index >= 15 is 0 Å². The highest BCUT2D eigenvalue weighted by Gasteiger charge is 2.12. The molecule has 0 spiro atoms. The van der Waals surface area contributed by atoms with Crippen LogP contribution < -0.4 is 0 Å². The number of benzene rings is 2. The second-order valence-corrected chi connectivity index (χ2v) is 6.20. The number of thiol groups is 1. The maximum atomic E-state index is 11.4. The third kappa shape index (κ3) is 4.03. The van der Waals surface area contributed by atoms with Crippen LogP contribution in [0.5, 0.6) is 0 Å². The largest absolute Gasteiger partial charge is 0.478 e. The number of hydrogen-bond donors (Lipinski definition) is 2. The summed E-state index contributed by atoms with van der Waals surface area (Å²) in [6, 6.07) is 14.9. The zero-order valence-corrected chi connectivity index (χ0v) is 15.2. The van der Waals surface area contributed by atoms with Gasteiger partial charge in [-0.3, -0.25) is 0 Å². The van der Waals surface area contributed by atoms with Gasteiger partial charge in [-0.05, 0) is 29.7 Å². The molecule has 1 aromatic heterocycles. The van der Waals surface area contributed by atoms with E-state index in [0.29, 0.717) is 29.2 Å². The number of nitrogens with zero attached hydrogens (tertiary/aromatic N) is 3. The summed E-state index contributed by atoms with van der Waals surface area (Å²) in [4.78, 5) is 15.8. The van der Waals surface area contributed by atoms with Crippen molar-refractivity contribution in [3.63, 3.8) is 0 Å². The van der Waals surface area contributed by atoms with Crippen LogP contribution in [0.4, 0.5) is 0 Å². The molecule has 26 heavy (non-hydrogen) atoms. The number of aromatic carboxylic acids is 1. The summed E-state index contributed by atoms with van der Waals surface area (Å²) in [5, 5.41) is 14.1. The minimum absolute atomic E-state index is 0.297. The molecule has 0 saturated carbocycles. The number of rotatable bonds is 6. The van der Waals surface area contributed by atoms with Crippen molar-refractivity contribution < 1.29 is 9.90 Å². The Hall–Kier alpha value is -2.86. The number of aromatic nitrogens is 3. The minimum Gasteiger partial charge on any atom is -0.478 e. The van der Waals surface area contributed by atoms with Gasteiger partial charge in [0.05, 0.1) is 12.1 Å². The molecule has 3 aromatic rings. The Morgan fingerprint density at radius 2 is 1.92 bits per heavy atom. The van der Waals surface area contributed by atoms with E-state index in [0.717, 1.165) is 17.0 Å². The SMILES string of the molecule is C/C=C/Cn1nc(S)nc1Cc1ccc(-c2ccccc2C(=O)O)cc1. The third-order valence-corrected chi connectivity index (χ3v) is 4.23. The van der Waals surface area contributed by atoms with Crippen molar-refractivity contribution in [1.29, 1.82) is 0 Å². The predicted octanol–water partition coefficient (Wildman–Crippen LogP) is 4.10. The summed E-state index contributed by atoms with van der Waals surface area (Å²) in [6.45, 7) is 2.62. The molecule has 3 rings (SSSR count). The number of carboxylic acids is 1. The molecule has 0 fully saturated rings. The Morgan fingerprint density at radius 3 is 2.62 bits per heavy atom. The van der Waals surface area contributed by atoms with Crippen molar-refractivity contribution in [1.82, 2.24) is 14.8 Å². The first-order valence-corrected chi connectivity index (χ1v) is 8.68. The molecular weight excluding hydrogens is 346 g/mol. The molecule has 132 valence electrons. The predicted molar refractivity (Wildman–Crippen MR) is 104 cm³/mol. The van der Waals surface area contributed by atoms with E-state index < -0.39 is 5.97 Å². The summed E-state index contributed by atoms with van der Waals surface area (Å²) in [5.41, 5.74) is 2.95. The summed E-state index contributed by atoms with van der Waals surface area (Å²) in [6.07, 6.45) is 4.61. The normalized spacial score (nSPS) is 11.2. The lowest BCUT2D eigenvalue weighted by Crippen LogP contribution is -2.05. The summed E-state index contributed by atoms with van der Waals surface area (Å²) < 4.78 is 1.83. The molecule has 0 aliphatic heterocycles. The molecule has 1 N–H and O–H groups in total. The third-order valence-electron chi connectivity index (χ3n) is 4.04. The highest BCUT2D eigenvalue weighted by molar-refractivity contribution is 7.80. The van der Waals surface area contributed by atoms with E-state index in [-0.39, 0.29) is 0 Å². The van der Waals surface area contributed by atoms with Gasteiger partial charge in [0.15, 0.2) is 0 Å². The molecular formula is C20H19N3O2S. The van der Waals surface area contributed by atoms with Crippen LogP contribution >= 0.6 is 12.6 Å². The van der Waals surface area contributed by atoms with Gasteiger partial charge in [-0.15, -0.1) is 17.7 Å². The molecule has 1 heterocycles. The fourth-order valence-electron chi connectivity index (χ4n) is 2.75. The standard InChI is InChI=1S/C20H19N3O2S/c1-2-3-12-23-18(21-20(26)22-23)13-14-8-10-15(11-9-14)16-6-4-5-7-17(16)19(24)25/h2-11H,12-13H2,1H3,(H,22,26)(H,24,25)/b3-2+. The van der Waals surface area contributed by atoms with E-state index in [1.807, 2.05) is 60.2 Å². The fourth-order valence-corrected chi connectivity index (χ4v) is 2.97. The van der Waals surface area contributed by atoms with Gasteiger partial charge in [0.1, 0.15) is 5.82 Å². The van der Waals surface area contributed by atoms with Crippen LogP contribution in [0.15, 0.2) is 65.8 Å². The summed E-state index contributed by atoms with van der Waals surface area (Å²) in [7, 11) is 0. The lowest BCUT2D eigenvalue weighted by Gasteiger charge is -2.08. The van der Waals surface area contributed by atoms with Gasteiger partial charge in [-0.1, -0.05) is 54.6 Å². The lowest BCUT2D eigenvalue weighted by atomic mass is 9.98. The quantitative estimate of drug-likeness (QED) is 0.510.